The number of hydrogen-bond donors (Lipinski definition) is 3. The number of nitrogens with two attached hydrogens (primary N) is 1. The van der Waals surface area contributed by atoms with Crippen LogP contribution in [-0.4, -0.2) is 20.4 Å². The number of allylic oxidation sites excluding steroid dienone is 5. The average molecular weight is 541 g/mol. The van der Waals surface area contributed by atoms with Crippen LogP contribution in [0.5, 0.6) is 0 Å². The molecule has 0 aliphatic carbocycles. The molecule has 40 heavy (non-hydrogen) atoms. The quantitative estimate of drug-likeness (QED) is 0.231. The third kappa shape index (κ3) is 4.45. The third-order valence-electron chi connectivity index (χ3n) is 6.96. The second-order valence-corrected chi connectivity index (χ2v) is 9.94. The van der Waals surface area contributed by atoms with Gasteiger partial charge in [0.25, 0.3) is 11.5 Å². The SMILES string of the molecule is C=C(/C=C\C=C(/C)c1c(F)cc(C(N)=O)c2[nH]c3cc(C(C)C)ccc3c12)n1c(=O)[nH]c2cc(F)ccc2c1=O. The minimum absolute atomic E-state index is 0.0463. The molecule has 0 saturated heterocycles. The lowest BCUT2D eigenvalue weighted by atomic mass is 9.95. The van der Waals surface area contributed by atoms with Crippen molar-refractivity contribution in [1.82, 2.24) is 14.5 Å². The van der Waals surface area contributed by atoms with E-state index in [1.807, 2.05) is 18.2 Å². The molecule has 4 N–H and O–H groups in total. The van der Waals surface area contributed by atoms with Gasteiger partial charge in [0.2, 0.25) is 0 Å². The van der Waals surface area contributed by atoms with Crippen LogP contribution in [0.15, 0.2) is 76.9 Å². The Balaban J connectivity index is 1.60. The predicted octanol–water partition coefficient (Wildman–Crippen LogP) is 5.96. The highest BCUT2D eigenvalue weighted by Crippen LogP contribution is 2.37. The number of carbonyl (C=O) groups excluding carboxylic acids is 1. The van der Waals surface area contributed by atoms with Crippen LogP contribution in [0, 0.1) is 11.6 Å². The first kappa shape index (κ1) is 26.6. The standard InChI is InChI=1S/C31H26F2N4O3/c1-15(2)18-8-10-20-24(12-18)35-28-22(29(34)38)14-23(33)26(27(20)28)16(3)6-5-7-17(4)37-30(39)21-11-9-19(32)13-25(21)36-31(37)40/h5-15,35H,4H2,1-3H3,(H2,34,38)(H,36,40)/b7-5-,16-6+. The van der Waals surface area contributed by atoms with E-state index in [0.29, 0.717) is 16.5 Å². The minimum Gasteiger partial charge on any atom is -0.366 e. The van der Waals surface area contributed by atoms with Gasteiger partial charge in [-0.25, -0.2) is 18.1 Å². The summed E-state index contributed by atoms with van der Waals surface area (Å²) in [5.41, 5.74) is 7.41. The van der Waals surface area contributed by atoms with Crippen LogP contribution in [0.25, 0.3) is 44.0 Å². The van der Waals surface area contributed by atoms with Crippen molar-refractivity contribution >= 4 is 49.9 Å². The maximum absolute atomic E-state index is 15.5. The first-order valence-electron chi connectivity index (χ1n) is 12.5. The summed E-state index contributed by atoms with van der Waals surface area (Å²) in [7, 11) is 0. The van der Waals surface area contributed by atoms with E-state index in [1.54, 1.807) is 13.0 Å². The molecule has 5 aromatic rings. The van der Waals surface area contributed by atoms with Gasteiger partial charge in [0.15, 0.2) is 0 Å². The van der Waals surface area contributed by atoms with Crippen LogP contribution in [0.4, 0.5) is 8.78 Å². The second-order valence-electron chi connectivity index (χ2n) is 9.94. The summed E-state index contributed by atoms with van der Waals surface area (Å²) in [4.78, 5) is 43.3. The number of amides is 1. The van der Waals surface area contributed by atoms with Crippen molar-refractivity contribution in [1.29, 1.82) is 0 Å². The highest BCUT2D eigenvalue weighted by molar-refractivity contribution is 6.18. The van der Waals surface area contributed by atoms with Crippen LogP contribution in [-0.2, 0) is 0 Å². The van der Waals surface area contributed by atoms with Crippen LogP contribution in [0.2, 0.25) is 0 Å². The van der Waals surface area contributed by atoms with Crippen LogP contribution < -0.4 is 17.0 Å². The normalized spacial score (nSPS) is 12.4. The van der Waals surface area contributed by atoms with Crippen molar-refractivity contribution in [3.8, 4) is 0 Å². The van der Waals surface area contributed by atoms with Gasteiger partial charge in [-0.2, -0.15) is 0 Å². The Morgan fingerprint density at radius 1 is 1.02 bits per heavy atom. The zero-order valence-electron chi connectivity index (χ0n) is 22.1. The van der Waals surface area contributed by atoms with E-state index in [1.165, 1.54) is 18.2 Å². The van der Waals surface area contributed by atoms with Gasteiger partial charge >= 0.3 is 5.69 Å². The number of aromatic amines is 2. The summed E-state index contributed by atoms with van der Waals surface area (Å²) in [6.07, 6.45) is 4.59. The Bertz CT molecular complexity index is 2060. The summed E-state index contributed by atoms with van der Waals surface area (Å²) >= 11 is 0. The molecule has 202 valence electrons. The van der Waals surface area contributed by atoms with Crippen molar-refractivity contribution in [3.63, 3.8) is 0 Å². The largest absolute Gasteiger partial charge is 0.366 e. The summed E-state index contributed by atoms with van der Waals surface area (Å²) in [6.45, 7) is 9.66. The molecule has 0 unspecified atom stereocenters. The summed E-state index contributed by atoms with van der Waals surface area (Å²) in [6, 6.07) is 10.4. The number of primary amides is 1. The van der Waals surface area contributed by atoms with E-state index in [0.717, 1.165) is 39.2 Å². The van der Waals surface area contributed by atoms with E-state index < -0.39 is 28.8 Å². The number of H-pyrrole nitrogens is 2. The summed E-state index contributed by atoms with van der Waals surface area (Å²) in [5, 5.41) is 1.39. The zero-order chi connectivity index (χ0) is 28.9. The molecule has 5 rings (SSSR count). The molecule has 0 spiro atoms. The number of halogens is 2. The van der Waals surface area contributed by atoms with Crippen molar-refractivity contribution in [2.75, 3.05) is 0 Å². The Labute approximate surface area is 226 Å². The third-order valence-corrected chi connectivity index (χ3v) is 6.96. The molecule has 0 atom stereocenters. The number of hydrogen-bond acceptors (Lipinski definition) is 3. The molecule has 2 heterocycles. The molecule has 0 bridgehead atoms. The predicted molar refractivity (Wildman–Crippen MR) is 155 cm³/mol. The molecule has 7 nitrogen and oxygen atoms in total. The maximum atomic E-state index is 15.5. The highest BCUT2D eigenvalue weighted by Gasteiger charge is 2.21. The monoisotopic (exact) mass is 540 g/mol. The average Bonchev–Trinajstić information content (AvgIpc) is 3.26. The lowest BCUT2D eigenvalue weighted by molar-refractivity contribution is 0.100. The van der Waals surface area contributed by atoms with Gasteiger partial charge in [0, 0.05) is 27.5 Å². The maximum Gasteiger partial charge on any atom is 0.333 e. The van der Waals surface area contributed by atoms with E-state index in [4.69, 9.17) is 5.73 Å². The number of fused-ring (bicyclic) bond motifs is 4. The van der Waals surface area contributed by atoms with E-state index >= 15 is 4.39 Å². The number of aromatic nitrogens is 3. The van der Waals surface area contributed by atoms with E-state index in [2.05, 4.69) is 30.4 Å². The summed E-state index contributed by atoms with van der Waals surface area (Å²) < 4.78 is 29.9. The Morgan fingerprint density at radius 2 is 1.73 bits per heavy atom. The molecule has 0 fully saturated rings. The Kier molecular flexibility index (Phi) is 6.59. The molecule has 0 saturated carbocycles. The number of benzene rings is 3. The van der Waals surface area contributed by atoms with Crippen molar-refractivity contribution < 1.29 is 13.6 Å². The van der Waals surface area contributed by atoms with E-state index in [-0.39, 0.29) is 33.6 Å². The summed E-state index contributed by atoms with van der Waals surface area (Å²) in [5.74, 6) is -1.69. The lowest BCUT2D eigenvalue weighted by Gasteiger charge is -2.10. The molecule has 0 radical (unpaired) electrons. The minimum atomic E-state index is -0.771. The highest BCUT2D eigenvalue weighted by atomic mass is 19.1. The second kappa shape index (κ2) is 9.92. The Hall–Kier alpha value is -5.05. The fourth-order valence-corrected chi connectivity index (χ4v) is 4.92. The molecular weight excluding hydrogens is 514 g/mol. The lowest BCUT2D eigenvalue weighted by Crippen LogP contribution is -2.33. The fourth-order valence-electron chi connectivity index (χ4n) is 4.92. The van der Waals surface area contributed by atoms with Gasteiger partial charge in [-0.1, -0.05) is 44.7 Å². The smallest absolute Gasteiger partial charge is 0.333 e. The van der Waals surface area contributed by atoms with Crippen LogP contribution in [0.3, 0.4) is 0 Å². The van der Waals surface area contributed by atoms with Crippen molar-refractivity contribution in [3.05, 3.63) is 116 Å². The Morgan fingerprint density at radius 3 is 2.42 bits per heavy atom. The van der Waals surface area contributed by atoms with Gasteiger partial charge in [-0.15, -0.1) is 0 Å². The van der Waals surface area contributed by atoms with E-state index in [9.17, 15) is 18.8 Å². The van der Waals surface area contributed by atoms with Crippen molar-refractivity contribution in [2.24, 2.45) is 5.73 Å². The van der Waals surface area contributed by atoms with Gasteiger partial charge < -0.3 is 15.7 Å². The molecule has 1 amide bonds. The van der Waals surface area contributed by atoms with Gasteiger partial charge in [-0.3, -0.25) is 9.59 Å². The first-order chi connectivity index (χ1) is 19.0. The van der Waals surface area contributed by atoms with Crippen LogP contribution in [0.1, 0.15) is 48.2 Å². The molecule has 0 aliphatic heterocycles. The first-order valence-corrected chi connectivity index (χ1v) is 12.5. The van der Waals surface area contributed by atoms with Gasteiger partial charge in [-0.05, 0) is 60.4 Å². The van der Waals surface area contributed by atoms with Crippen LogP contribution >= 0.6 is 0 Å². The number of nitrogens with zero attached hydrogens (tertiary/aromatic N) is 1. The number of nitrogens with one attached hydrogen (secondary N) is 2. The topological polar surface area (TPSA) is 114 Å². The zero-order valence-corrected chi connectivity index (χ0v) is 22.1. The molecule has 0 aliphatic rings. The molecular formula is C31H26F2N4O3. The number of carbonyl (C=O) groups is 1. The van der Waals surface area contributed by atoms with Crippen molar-refractivity contribution in [2.45, 2.75) is 26.7 Å². The number of rotatable bonds is 6. The molecule has 9 heteroatoms. The fraction of sp³-hybridized carbons (Fsp3) is 0.129. The molecule has 3 aromatic carbocycles. The van der Waals surface area contributed by atoms with Gasteiger partial charge in [0.1, 0.15) is 11.6 Å². The molecule has 2 aromatic heterocycles. The van der Waals surface area contributed by atoms with Gasteiger partial charge in [0.05, 0.1) is 22.0 Å².